The first-order valence-electron chi connectivity index (χ1n) is 10.0. The van der Waals surface area contributed by atoms with E-state index in [2.05, 4.69) is 19.9 Å². The number of sulfonamides is 1. The number of aromatic amines is 1. The van der Waals surface area contributed by atoms with Crippen molar-refractivity contribution in [3.8, 4) is 23.0 Å². The van der Waals surface area contributed by atoms with Crippen molar-refractivity contribution < 1.29 is 13.2 Å². The van der Waals surface area contributed by atoms with Gasteiger partial charge in [0.05, 0.1) is 23.0 Å². The maximum absolute atomic E-state index is 12.4. The van der Waals surface area contributed by atoms with Crippen molar-refractivity contribution in [2.24, 2.45) is 0 Å². The summed E-state index contributed by atoms with van der Waals surface area (Å²) in [5.41, 5.74) is 3.88. The molecule has 1 aliphatic rings. The first kappa shape index (κ1) is 19.7. The van der Waals surface area contributed by atoms with E-state index in [9.17, 15) is 8.42 Å². The Bertz CT molecular complexity index is 1340. The number of hydrogen-bond acceptors (Lipinski definition) is 6. The van der Waals surface area contributed by atoms with Crippen LogP contribution in [0.4, 0.5) is 0 Å². The van der Waals surface area contributed by atoms with Crippen LogP contribution in [0.2, 0.25) is 0 Å². The Morgan fingerprint density at radius 3 is 2.77 bits per heavy atom. The van der Waals surface area contributed by atoms with Crippen LogP contribution >= 0.6 is 0 Å². The molecule has 1 aliphatic heterocycles. The SMILES string of the molecule is Cc1ccc(Oc2cc3nc(-c4ccccn4)[nH]c3cc2CN2CCCS2(=O)=O)cn1. The summed E-state index contributed by atoms with van der Waals surface area (Å²) in [6, 6.07) is 13.1. The van der Waals surface area contributed by atoms with Gasteiger partial charge in [-0.05, 0) is 43.7 Å². The van der Waals surface area contributed by atoms with Crippen LogP contribution in [0.1, 0.15) is 17.7 Å². The summed E-state index contributed by atoms with van der Waals surface area (Å²) in [5.74, 6) is 1.96. The van der Waals surface area contributed by atoms with Gasteiger partial charge in [-0.25, -0.2) is 13.4 Å². The second kappa shape index (κ2) is 7.75. The maximum atomic E-state index is 12.4. The molecule has 4 aromatic rings. The fourth-order valence-corrected chi connectivity index (χ4v) is 5.12. The summed E-state index contributed by atoms with van der Waals surface area (Å²) >= 11 is 0. The molecule has 0 bridgehead atoms. The first-order valence-corrected chi connectivity index (χ1v) is 11.6. The van der Waals surface area contributed by atoms with Crippen molar-refractivity contribution in [2.75, 3.05) is 12.3 Å². The molecule has 158 valence electrons. The van der Waals surface area contributed by atoms with Crippen molar-refractivity contribution in [3.05, 3.63) is 66.1 Å². The van der Waals surface area contributed by atoms with Gasteiger partial charge in [-0.3, -0.25) is 9.97 Å². The number of imidazole rings is 1. The number of fused-ring (bicyclic) bond motifs is 1. The summed E-state index contributed by atoms with van der Waals surface area (Å²) in [6.07, 6.45) is 4.00. The van der Waals surface area contributed by atoms with Crippen LogP contribution in [0, 0.1) is 6.92 Å². The van der Waals surface area contributed by atoms with Gasteiger partial charge in [-0.2, -0.15) is 4.31 Å². The number of hydrogen-bond donors (Lipinski definition) is 1. The summed E-state index contributed by atoms with van der Waals surface area (Å²) in [6.45, 7) is 2.65. The molecule has 1 N–H and O–H groups in total. The molecule has 0 spiro atoms. The number of nitrogens with one attached hydrogen (secondary N) is 1. The highest BCUT2D eigenvalue weighted by Gasteiger charge is 2.29. The number of nitrogens with zero attached hydrogens (tertiary/aromatic N) is 4. The van der Waals surface area contributed by atoms with Crippen LogP contribution < -0.4 is 4.74 Å². The van der Waals surface area contributed by atoms with E-state index in [-0.39, 0.29) is 12.3 Å². The second-order valence-corrected chi connectivity index (χ2v) is 9.61. The van der Waals surface area contributed by atoms with E-state index in [1.165, 1.54) is 4.31 Å². The molecule has 0 amide bonds. The van der Waals surface area contributed by atoms with Gasteiger partial charge in [-0.15, -0.1) is 0 Å². The van der Waals surface area contributed by atoms with Gasteiger partial charge in [0.15, 0.2) is 5.82 Å². The molecule has 0 radical (unpaired) electrons. The average Bonchev–Trinajstić information content (AvgIpc) is 3.33. The third-order valence-corrected chi connectivity index (χ3v) is 7.14. The van der Waals surface area contributed by atoms with Gasteiger partial charge in [0, 0.05) is 36.6 Å². The van der Waals surface area contributed by atoms with Crippen molar-refractivity contribution in [1.29, 1.82) is 0 Å². The number of aromatic nitrogens is 4. The highest BCUT2D eigenvalue weighted by Crippen LogP contribution is 2.32. The molecule has 8 nitrogen and oxygen atoms in total. The van der Waals surface area contributed by atoms with Crippen LogP contribution in [0.25, 0.3) is 22.6 Å². The van der Waals surface area contributed by atoms with Crippen molar-refractivity contribution in [2.45, 2.75) is 19.9 Å². The minimum atomic E-state index is -3.24. The molecule has 0 unspecified atom stereocenters. The number of rotatable bonds is 5. The number of ether oxygens (including phenoxy) is 1. The Balaban J connectivity index is 1.57. The topological polar surface area (TPSA) is 101 Å². The molecular formula is C22H21N5O3S. The van der Waals surface area contributed by atoms with E-state index >= 15 is 0 Å². The molecular weight excluding hydrogens is 414 g/mol. The van der Waals surface area contributed by atoms with E-state index in [0.717, 1.165) is 22.5 Å². The van der Waals surface area contributed by atoms with Crippen LogP contribution in [0.5, 0.6) is 11.5 Å². The monoisotopic (exact) mass is 435 g/mol. The summed E-state index contributed by atoms with van der Waals surface area (Å²) in [7, 11) is -3.24. The van der Waals surface area contributed by atoms with E-state index in [0.29, 0.717) is 35.8 Å². The average molecular weight is 436 g/mol. The number of aryl methyl sites for hydroxylation is 1. The van der Waals surface area contributed by atoms with Gasteiger partial charge in [-0.1, -0.05) is 6.07 Å². The standard InChI is InChI=1S/C22H21N5O3S/c1-15-6-7-17(13-24-15)30-21-12-20-19(25-22(26-20)18-5-2-3-8-23-18)11-16(21)14-27-9-4-10-31(27,28)29/h2-3,5-8,11-13H,4,9-10,14H2,1H3,(H,25,26). The van der Waals surface area contributed by atoms with Crippen molar-refractivity contribution >= 4 is 21.1 Å². The number of H-pyrrole nitrogens is 1. The summed E-state index contributed by atoms with van der Waals surface area (Å²) < 4.78 is 32.4. The number of pyridine rings is 2. The molecule has 5 rings (SSSR count). The van der Waals surface area contributed by atoms with Gasteiger partial charge in [0.25, 0.3) is 0 Å². The number of benzene rings is 1. The predicted octanol–water partition coefficient (Wildman–Crippen LogP) is 3.66. The maximum Gasteiger partial charge on any atom is 0.214 e. The van der Waals surface area contributed by atoms with Gasteiger partial charge in [0.1, 0.15) is 17.2 Å². The molecule has 1 fully saturated rings. The van der Waals surface area contributed by atoms with Gasteiger partial charge >= 0.3 is 0 Å². The van der Waals surface area contributed by atoms with E-state index in [1.54, 1.807) is 12.4 Å². The molecule has 1 aromatic carbocycles. The fourth-order valence-electron chi connectivity index (χ4n) is 3.63. The zero-order valence-electron chi connectivity index (χ0n) is 16.9. The largest absolute Gasteiger partial charge is 0.455 e. The molecule has 3 aromatic heterocycles. The molecule has 31 heavy (non-hydrogen) atoms. The van der Waals surface area contributed by atoms with E-state index in [4.69, 9.17) is 4.74 Å². The normalized spacial score (nSPS) is 16.0. The van der Waals surface area contributed by atoms with E-state index < -0.39 is 10.0 Å². The smallest absolute Gasteiger partial charge is 0.214 e. The first-order chi connectivity index (χ1) is 15.0. The van der Waals surface area contributed by atoms with Gasteiger partial charge in [0.2, 0.25) is 10.0 Å². The molecule has 9 heteroatoms. The lowest BCUT2D eigenvalue weighted by Crippen LogP contribution is -2.25. The third-order valence-electron chi connectivity index (χ3n) is 5.23. The Labute approximate surface area is 180 Å². The van der Waals surface area contributed by atoms with Crippen LogP contribution in [-0.4, -0.2) is 45.0 Å². The summed E-state index contributed by atoms with van der Waals surface area (Å²) in [4.78, 5) is 16.6. The zero-order valence-corrected chi connectivity index (χ0v) is 17.8. The van der Waals surface area contributed by atoms with Gasteiger partial charge < -0.3 is 9.72 Å². The van der Waals surface area contributed by atoms with Crippen molar-refractivity contribution in [1.82, 2.24) is 24.2 Å². The Hall–Kier alpha value is -3.30. The third kappa shape index (κ3) is 4.01. The Morgan fingerprint density at radius 2 is 2.06 bits per heavy atom. The van der Waals surface area contributed by atoms with E-state index in [1.807, 2.05) is 49.4 Å². The minimum Gasteiger partial charge on any atom is -0.455 e. The predicted molar refractivity (Wildman–Crippen MR) is 117 cm³/mol. The molecule has 0 aliphatic carbocycles. The Kier molecular flexibility index (Phi) is 4.91. The molecule has 4 heterocycles. The molecule has 1 saturated heterocycles. The molecule has 0 saturated carbocycles. The second-order valence-electron chi connectivity index (χ2n) is 7.52. The lowest BCUT2D eigenvalue weighted by atomic mass is 10.1. The minimum absolute atomic E-state index is 0.182. The molecule has 0 atom stereocenters. The fraction of sp³-hybridized carbons (Fsp3) is 0.227. The lowest BCUT2D eigenvalue weighted by Gasteiger charge is -2.17. The lowest BCUT2D eigenvalue weighted by molar-refractivity contribution is 0.421. The quantitative estimate of drug-likeness (QED) is 0.513. The highest BCUT2D eigenvalue weighted by atomic mass is 32.2. The summed E-state index contributed by atoms with van der Waals surface area (Å²) in [5, 5.41) is 0. The Morgan fingerprint density at radius 1 is 1.16 bits per heavy atom. The van der Waals surface area contributed by atoms with Crippen LogP contribution in [0.15, 0.2) is 54.9 Å². The van der Waals surface area contributed by atoms with Crippen LogP contribution in [-0.2, 0) is 16.6 Å². The zero-order chi connectivity index (χ0) is 21.4. The van der Waals surface area contributed by atoms with Crippen molar-refractivity contribution in [3.63, 3.8) is 0 Å². The highest BCUT2D eigenvalue weighted by molar-refractivity contribution is 7.89. The van der Waals surface area contributed by atoms with Crippen LogP contribution in [0.3, 0.4) is 0 Å².